The van der Waals surface area contributed by atoms with Gasteiger partial charge in [-0.25, -0.2) is 0 Å². The van der Waals surface area contributed by atoms with Gasteiger partial charge >= 0.3 is 0 Å². The fourth-order valence-electron chi connectivity index (χ4n) is 1.58. The lowest BCUT2D eigenvalue weighted by Crippen LogP contribution is -2.50. The first kappa shape index (κ1) is 14.8. The van der Waals surface area contributed by atoms with Crippen molar-refractivity contribution >= 4 is 17.7 Å². The standard InChI is InChI=1S/C11H22N2O3S/c1-3-15-10(16-4-2)7-13-11(14)9-8-17-6-5-12-9/h9-10,12H,3-8H2,1-2H3,(H,13,14). The zero-order valence-electron chi connectivity index (χ0n) is 10.5. The zero-order chi connectivity index (χ0) is 12.5. The van der Waals surface area contributed by atoms with Crippen LogP contribution in [0.2, 0.25) is 0 Å². The number of nitrogens with one attached hydrogen (secondary N) is 2. The predicted molar refractivity (Wildman–Crippen MR) is 69.2 cm³/mol. The maximum absolute atomic E-state index is 11.8. The van der Waals surface area contributed by atoms with Gasteiger partial charge in [0.15, 0.2) is 6.29 Å². The Kier molecular flexibility index (Phi) is 7.59. The molecule has 0 aliphatic carbocycles. The topological polar surface area (TPSA) is 59.6 Å². The van der Waals surface area contributed by atoms with E-state index < -0.39 is 0 Å². The summed E-state index contributed by atoms with van der Waals surface area (Å²) in [6.45, 7) is 6.28. The monoisotopic (exact) mass is 262 g/mol. The van der Waals surface area contributed by atoms with Gasteiger partial charge in [-0.3, -0.25) is 4.79 Å². The Morgan fingerprint density at radius 2 is 2.18 bits per heavy atom. The molecule has 1 saturated heterocycles. The van der Waals surface area contributed by atoms with Gasteiger partial charge in [0.05, 0.1) is 12.6 Å². The van der Waals surface area contributed by atoms with Crippen molar-refractivity contribution in [3.63, 3.8) is 0 Å². The van der Waals surface area contributed by atoms with Crippen LogP contribution in [-0.4, -0.2) is 56.0 Å². The highest BCUT2D eigenvalue weighted by Crippen LogP contribution is 2.07. The van der Waals surface area contributed by atoms with Crippen molar-refractivity contribution in [2.75, 3.05) is 37.8 Å². The molecular weight excluding hydrogens is 240 g/mol. The highest BCUT2D eigenvalue weighted by atomic mass is 32.2. The lowest BCUT2D eigenvalue weighted by atomic mass is 10.3. The van der Waals surface area contributed by atoms with E-state index in [1.165, 1.54) is 0 Å². The number of hydrogen-bond acceptors (Lipinski definition) is 5. The quantitative estimate of drug-likeness (QED) is 0.642. The fraction of sp³-hybridized carbons (Fsp3) is 0.909. The van der Waals surface area contributed by atoms with Crippen molar-refractivity contribution in [3.8, 4) is 0 Å². The van der Waals surface area contributed by atoms with Gasteiger partial charge in [0.1, 0.15) is 0 Å². The van der Waals surface area contributed by atoms with Crippen LogP contribution in [0.3, 0.4) is 0 Å². The minimum Gasteiger partial charge on any atom is -0.351 e. The Bertz CT molecular complexity index is 217. The normalized spacial score (nSPS) is 20.5. The Morgan fingerprint density at radius 3 is 2.71 bits per heavy atom. The van der Waals surface area contributed by atoms with E-state index in [2.05, 4.69) is 10.6 Å². The second-order valence-corrected chi connectivity index (χ2v) is 4.82. The van der Waals surface area contributed by atoms with Crippen molar-refractivity contribution < 1.29 is 14.3 Å². The molecule has 0 aromatic rings. The maximum Gasteiger partial charge on any atom is 0.238 e. The molecule has 1 unspecified atom stereocenters. The van der Waals surface area contributed by atoms with Gasteiger partial charge in [0, 0.05) is 31.3 Å². The average molecular weight is 262 g/mol. The number of hydrogen-bond donors (Lipinski definition) is 2. The lowest BCUT2D eigenvalue weighted by Gasteiger charge is -2.23. The molecule has 5 nitrogen and oxygen atoms in total. The highest BCUT2D eigenvalue weighted by Gasteiger charge is 2.21. The van der Waals surface area contributed by atoms with Crippen LogP contribution in [0.25, 0.3) is 0 Å². The number of thioether (sulfide) groups is 1. The van der Waals surface area contributed by atoms with Gasteiger partial charge in [0.25, 0.3) is 0 Å². The van der Waals surface area contributed by atoms with Crippen LogP contribution in [0.15, 0.2) is 0 Å². The first-order valence-corrected chi connectivity index (χ1v) is 7.25. The molecule has 1 heterocycles. The smallest absolute Gasteiger partial charge is 0.238 e. The Balaban J connectivity index is 2.24. The molecule has 1 fully saturated rings. The van der Waals surface area contributed by atoms with Gasteiger partial charge in [-0.1, -0.05) is 0 Å². The summed E-state index contributed by atoms with van der Waals surface area (Å²) in [5.41, 5.74) is 0. The minimum absolute atomic E-state index is 0.0293. The van der Waals surface area contributed by atoms with Crippen LogP contribution in [0.5, 0.6) is 0 Å². The van der Waals surface area contributed by atoms with E-state index in [1.54, 1.807) is 11.8 Å². The molecule has 0 radical (unpaired) electrons. The maximum atomic E-state index is 11.8. The molecule has 2 N–H and O–H groups in total. The summed E-state index contributed by atoms with van der Waals surface area (Å²) in [7, 11) is 0. The zero-order valence-corrected chi connectivity index (χ0v) is 11.3. The van der Waals surface area contributed by atoms with Crippen molar-refractivity contribution in [1.29, 1.82) is 0 Å². The summed E-state index contributed by atoms with van der Waals surface area (Å²) in [4.78, 5) is 11.8. The van der Waals surface area contributed by atoms with Crippen molar-refractivity contribution in [3.05, 3.63) is 0 Å². The summed E-state index contributed by atoms with van der Waals surface area (Å²) >= 11 is 1.80. The third-order valence-electron chi connectivity index (χ3n) is 2.39. The third kappa shape index (κ3) is 5.72. The van der Waals surface area contributed by atoms with Gasteiger partial charge in [-0.15, -0.1) is 0 Å². The number of rotatable bonds is 7. The van der Waals surface area contributed by atoms with E-state index in [9.17, 15) is 4.79 Å². The van der Waals surface area contributed by atoms with Gasteiger partial charge < -0.3 is 20.1 Å². The van der Waals surface area contributed by atoms with E-state index in [-0.39, 0.29) is 18.2 Å². The SMILES string of the molecule is CCOC(CNC(=O)C1CSCCN1)OCC. The Hall–Kier alpha value is -0.300. The van der Waals surface area contributed by atoms with Crippen LogP contribution in [0, 0.1) is 0 Å². The molecule has 1 rings (SSSR count). The second kappa shape index (κ2) is 8.74. The molecule has 0 spiro atoms. The van der Waals surface area contributed by atoms with Crippen molar-refractivity contribution in [2.24, 2.45) is 0 Å². The number of ether oxygens (including phenoxy) is 2. The second-order valence-electron chi connectivity index (χ2n) is 3.67. The van der Waals surface area contributed by atoms with E-state index in [0.29, 0.717) is 19.8 Å². The lowest BCUT2D eigenvalue weighted by molar-refractivity contribution is -0.141. The first-order valence-electron chi connectivity index (χ1n) is 6.10. The summed E-state index contributed by atoms with van der Waals surface area (Å²) in [5.74, 6) is 1.94. The van der Waals surface area contributed by atoms with Gasteiger partial charge in [-0.05, 0) is 13.8 Å². The molecule has 6 heteroatoms. The van der Waals surface area contributed by atoms with E-state index in [0.717, 1.165) is 18.1 Å². The van der Waals surface area contributed by atoms with Gasteiger partial charge in [-0.2, -0.15) is 11.8 Å². The fourth-order valence-corrected chi connectivity index (χ4v) is 2.51. The van der Waals surface area contributed by atoms with Crippen LogP contribution < -0.4 is 10.6 Å². The molecule has 17 heavy (non-hydrogen) atoms. The largest absolute Gasteiger partial charge is 0.351 e. The van der Waals surface area contributed by atoms with Crippen molar-refractivity contribution in [2.45, 2.75) is 26.2 Å². The molecule has 0 aromatic carbocycles. The summed E-state index contributed by atoms with van der Waals surface area (Å²) in [6, 6.07) is -0.0855. The Labute approximate surface area is 107 Å². The Morgan fingerprint density at radius 1 is 1.47 bits per heavy atom. The summed E-state index contributed by atoms with van der Waals surface area (Å²) in [6.07, 6.45) is -0.342. The van der Waals surface area contributed by atoms with Crippen LogP contribution in [0.4, 0.5) is 0 Å². The molecule has 1 aliphatic rings. The highest BCUT2D eigenvalue weighted by molar-refractivity contribution is 7.99. The molecule has 1 aliphatic heterocycles. The molecule has 100 valence electrons. The molecule has 0 aromatic heterocycles. The summed E-state index contributed by atoms with van der Waals surface area (Å²) < 4.78 is 10.7. The first-order chi connectivity index (χ1) is 8.27. The van der Waals surface area contributed by atoms with Crippen LogP contribution in [0.1, 0.15) is 13.8 Å². The molecular formula is C11H22N2O3S. The average Bonchev–Trinajstić information content (AvgIpc) is 2.37. The predicted octanol–water partition coefficient (Wildman–Crippen LogP) is 0.207. The number of amides is 1. The molecule has 0 bridgehead atoms. The molecule has 1 amide bonds. The number of carbonyl (C=O) groups is 1. The molecule has 1 atom stereocenters. The van der Waals surface area contributed by atoms with Crippen molar-refractivity contribution in [1.82, 2.24) is 10.6 Å². The van der Waals surface area contributed by atoms with E-state index in [1.807, 2.05) is 13.8 Å². The number of carbonyl (C=O) groups excluding carboxylic acids is 1. The van der Waals surface area contributed by atoms with Crippen LogP contribution in [-0.2, 0) is 14.3 Å². The van der Waals surface area contributed by atoms with Crippen LogP contribution >= 0.6 is 11.8 Å². The minimum atomic E-state index is -0.342. The van der Waals surface area contributed by atoms with Gasteiger partial charge in [0.2, 0.25) is 5.91 Å². The van der Waals surface area contributed by atoms with E-state index >= 15 is 0 Å². The summed E-state index contributed by atoms with van der Waals surface area (Å²) in [5, 5.41) is 6.05. The van der Waals surface area contributed by atoms with E-state index in [4.69, 9.17) is 9.47 Å². The third-order valence-corrected chi connectivity index (χ3v) is 3.45. The molecule has 0 saturated carbocycles.